The minimum atomic E-state index is -3.60. The van der Waals surface area contributed by atoms with Crippen LogP contribution in [0.15, 0.2) is 29.2 Å². The molecule has 0 bridgehead atoms. The molecule has 0 aliphatic rings. The van der Waals surface area contributed by atoms with E-state index in [4.69, 9.17) is 4.74 Å². The van der Waals surface area contributed by atoms with E-state index in [-0.39, 0.29) is 10.3 Å². The van der Waals surface area contributed by atoms with E-state index in [2.05, 4.69) is 4.72 Å². The number of methoxy groups -OCH3 is 1. The summed E-state index contributed by atoms with van der Waals surface area (Å²) >= 11 is 0. The third-order valence-corrected chi connectivity index (χ3v) is 6.71. The third-order valence-electron chi connectivity index (χ3n) is 4.05. The molecule has 0 aliphatic heterocycles. The van der Waals surface area contributed by atoms with Crippen molar-refractivity contribution in [1.29, 1.82) is 0 Å². The fraction of sp³-hybridized carbons (Fsp3) is 0.647. The molecule has 0 atom stereocenters. The van der Waals surface area contributed by atoms with Gasteiger partial charge in [-0.2, -0.15) is 4.31 Å². The highest BCUT2D eigenvalue weighted by Gasteiger charge is 2.29. The summed E-state index contributed by atoms with van der Waals surface area (Å²) in [5.41, 5.74) is -0.283. The smallest absolute Gasteiger partial charge is 0.243 e. The maximum Gasteiger partial charge on any atom is 0.243 e. The van der Waals surface area contributed by atoms with Crippen LogP contribution in [0.25, 0.3) is 0 Å². The van der Waals surface area contributed by atoms with Gasteiger partial charge in [0, 0.05) is 19.6 Å². The quantitative estimate of drug-likeness (QED) is 0.568. The molecule has 9 heteroatoms. The molecular formula is C17H30N2O5S2. The van der Waals surface area contributed by atoms with Gasteiger partial charge >= 0.3 is 0 Å². The SMILES string of the molecule is CCN(CC(C)(C)CCCNS(C)(=O)=O)S(=O)(=O)c1ccc(OC)cc1. The first-order valence-electron chi connectivity index (χ1n) is 8.50. The van der Waals surface area contributed by atoms with E-state index in [1.165, 1.54) is 11.4 Å². The average molecular weight is 407 g/mol. The van der Waals surface area contributed by atoms with E-state index >= 15 is 0 Å². The summed E-state index contributed by atoms with van der Waals surface area (Å²) < 4.78 is 57.0. The number of sulfonamides is 2. The van der Waals surface area contributed by atoms with Gasteiger partial charge in [-0.15, -0.1) is 0 Å². The lowest BCUT2D eigenvalue weighted by atomic mass is 9.88. The molecule has 0 spiro atoms. The zero-order valence-electron chi connectivity index (χ0n) is 16.1. The van der Waals surface area contributed by atoms with Crippen LogP contribution in [0.1, 0.15) is 33.6 Å². The van der Waals surface area contributed by atoms with Crippen molar-refractivity contribution in [2.24, 2.45) is 5.41 Å². The predicted molar refractivity (Wildman–Crippen MR) is 103 cm³/mol. The fourth-order valence-electron chi connectivity index (χ4n) is 2.64. The second kappa shape index (κ2) is 9.16. The maximum absolute atomic E-state index is 12.9. The van der Waals surface area contributed by atoms with Crippen LogP contribution >= 0.6 is 0 Å². The molecule has 0 saturated carbocycles. The van der Waals surface area contributed by atoms with Crippen LogP contribution in [0.2, 0.25) is 0 Å². The number of hydrogen-bond acceptors (Lipinski definition) is 5. The van der Waals surface area contributed by atoms with Crippen molar-refractivity contribution in [2.75, 3.05) is 33.0 Å². The highest BCUT2D eigenvalue weighted by molar-refractivity contribution is 7.89. The topological polar surface area (TPSA) is 92.8 Å². The minimum Gasteiger partial charge on any atom is -0.497 e. The van der Waals surface area contributed by atoms with Crippen molar-refractivity contribution in [2.45, 2.75) is 38.5 Å². The largest absolute Gasteiger partial charge is 0.497 e. The Balaban J connectivity index is 2.79. The molecule has 1 rings (SSSR count). The lowest BCUT2D eigenvalue weighted by Crippen LogP contribution is -2.39. The zero-order valence-corrected chi connectivity index (χ0v) is 17.8. The summed E-state index contributed by atoms with van der Waals surface area (Å²) in [6.45, 7) is 6.84. The van der Waals surface area contributed by atoms with Gasteiger partial charge in [0.15, 0.2) is 0 Å². The van der Waals surface area contributed by atoms with Gasteiger partial charge in [-0.3, -0.25) is 0 Å². The molecule has 1 N–H and O–H groups in total. The first kappa shape index (κ1) is 22.9. The summed E-state index contributed by atoms with van der Waals surface area (Å²) in [6, 6.07) is 6.34. The molecular weight excluding hydrogens is 376 g/mol. The molecule has 7 nitrogen and oxygen atoms in total. The van der Waals surface area contributed by atoms with Gasteiger partial charge in [0.2, 0.25) is 20.0 Å². The third kappa shape index (κ3) is 7.22. The van der Waals surface area contributed by atoms with Crippen molar-refractivity contribution in [3.05, 3.63) is 24.3 Å². The number of nitrogens with one attached hydrogen (secondary N) is 1. The fourth-order valence-corrected chi connectivity index (χ4v) is 4.80. The van der Waals surface area contributed by atoms with Gasteiger partial charge in [0.05, 0.1) is 18.3 Å². The standard InChI is InChI=1S/C17H30N2O5S2/c1-6-19(14-17(2,3)12-7-13-18-25(5,20)21)26(22,23)16-10-8-15(24-4)9-11-16/h8-11,18H,6-7,12-14H2,1-5H3. The van der Waals surface area contributed by atoms with E-state index in [1.54, 1.807) is 24.3 Å². The minimum absolute atomic E-state index is 0.231. The summed E-state index contributed by atoms with van der Waals surface area (Å²) in [4.78, 5) is 0.231. The highest BCUT2D eigenvalue weighted by Crippen LogP contribution is 2.27. The van der Waals surface area contributed by atoms with Crippen LogP contribution in [0, 0.1) is 5.41 Å². The molecule has 0 fully saturated rings. The van der Waals surface area contributed by atoms with Gasteiger partial charge in [-0.25, -0.2) is 21.6 Å². The van der Waals surface area contributed by atoms with Gasteiger partial charge in [0.25, 0.3) is 0 Å². The van der Waals surface area contributed by atoms with Gasteiger partial charge in [-0.1, -0.05) is 20.8 Å². The maximum atomic E-state index is 12.9. The number of ether oxygens (including phenoxy) is 1. The molecule has 1 aromatic rings. The van der Waals surface area contributed by atoms with Gasteiger partial charge < -0.3 is 4.74 Å². The Bertz CT molecular complexity index is 772. The Kier molecular flexibility index (Phi) is 8.06. The van der Waals surface area contributed by atoms with Gasteiger partial charge in [-0.05, 0) is 42.5 Å². The average Bonchev–Trinajstić information content (AvgIpc) is 2.56. The van der Waals surface area contributed by atoms with Crippen LogP contribution < -0.4 is 9.46 Å². The Morgan fingerprint density at radius 2 is 1.69 bits per heavy atom. The summed E-state index contributed by atoms with van der Waals surface area (Å²) in [5, 5.41) is 0. The number of hydrogen-bond donors (Lipinski definition) is 1. The van der Waals surface area contributed by atoms with Crippen LogP contribution in [0.5, 0.6) is 5.75 Å². The van der Waals surface area contributed by atoms with E-state index in [9.17, 15) is 16.8 Å². The van der Waals surface area contributed by atoms with E-state index in [0.29, 0.717) is 38.2 Å². The summed E-state index contributed by atoms with van der Waals surface area (Å²) in [7, 11) is -5.27. The Labute approximate surface area is 157 Å². The molecule has 0 amide bonds. The number of rotatable bonds is 11. The molecule has 150 valence electrons. The first-order valence-corrected chi connectivity index (χ1v) is 11.8. The molecule has 0 aliphatic carbocycles. The van der Waals surface area contributed by atoms with Crippen LogP contribution in [-0.2, 0) is 20.0 Å². The Morgan fingerprint density at radius 3 is 2.15 bits per heavy atom. The molecule has 0 unspecified atom stereocenters. The second-order valence-electron chi connectivity index (χ2n) is 7.04. The molecule has 0 saturated heterocycles. The Morgan fingerprint density at radius 1 is 1.12 bits per heavy atom. The zero-order chi connectivity index (χ0) is 20.0. The summed E-state index contributed by atoms with van der Waals surface area (Å²) in [6.07, 6.45) is 2.46. The lowest BCUT2D eigenvalue weighted by Gasteiger charge is -2.31. The van der Waals surface area contributed by atoms with Crippen molar-refractivity contribution in [3.63, 3.8) is 0 Å². The van der Waals surface area contributed by atoms with E-state index < -0.39 is 20.0 Å². The van der Waals surface area contributed by atoms with E-state index in [0.717, 1.165) is 6.26 Å². The van der Waals surface area contributed by atoms with Crippen molar-refractivity contribution in [1.82, 2.24) is 9.03 Å². The van der Waals surface area contributed by atoms with Crippen LogP contribution in [0.4, 0.5) is 0 Å². The van der Waals surface area contributed by atoms with Crippen LogP contribution in [-0.4, -0.2) is 54.1 Å². The molecule has 26 heavy (non-hydrogen) atoms. The molecule has 0 aromatic heterocycles. The van der Waals surface area contributed by atoms with Crippen LogP contribution in [0.3, 0.4) is 0 Å². The van der Waals surface area contributed by atoms with Crippen molar-refractivity contribution < 1.29 is 21.6 Å². The second-order valence-corrected chi connectivity index (χ2v) is 10.8. The van der Waals surface area contributed by atoms with Crippen molar-refractivity contribution >= 4 is 20.0 Å². The van der Waals surface area contributed by atoms with Gasteiger partial charge in [0.1, 0.15) is 5.75 Å². The summed E-state index contributed by atoms with van der Waals surface area (Å²) in [5.74, 6) is 0.603. The number of nitrogens with zero attached hydrogens (tertiary/aromatic N) is 1. The first-order chi connectivity index (χ1) is 11.9. The lowest BCUT2D eigenvalue weighted by molar-refractivity contribution is 0.244. The monoisotopic (exact) mass is 406 g/mol. The predicted octanol–water partition coefficient (Wildman–Crippen LogP) is 2.06. The molecule has 0 heterocycles. The normalized spacial score (nSPS) is 13.2. The van der Waals surface area contributed by atoms with Crippen molar-refractivity contribution in [3.8, 4) is 5.75 Å². The number of benzene rings is 1. The Hall–Kier alpha value is -1.16. The molecule has 0 radical (unpaired) electrons. The highest BCUT2D eigenvalue weighted by atomic mass is 32.2. The van der Waals surface area contributed by atoms with E-state index in [1.807, 2.05) is 20.8 Å². The molecule has 1 aromatic carbocycles.